The molecule has 0 saturated heterocycles. The molecule has 2 heteroatoms. The standard InChI is InChI=1S/C26H42N2/c1-3-5-6-7-8-9-10-11-15-22-28-23-25(27-26(28)17-4-2)21-16-20-24-18-13-12-14-19-24/h12-14,18-19,23H,3-11,15-17,20-22H2,1-2H3. The first-order valence-electron chi connectivity index (χ1n) is 11.9. The summed E-state index contributed by atoms with van der Waals surface area (Å²) in [6, 6.07) is 10.8. The number of aromatic nitrogens is 2. The van der Waals surface area contributed by atoms with Gasteiger partial charge in [0.2, 0.25) is 0 Å². The normalized spacial score (nSPS) is 11.2. The van der Waals surface area contributed by atoms with E-state index in [1.54, 1.807) is 0 Å². The van der Waals surface area contributed by atoms with Crippen LogP contribution in [-0.4, -0.2) is 9.55 Å². The number of nitrogens with zero attached hydrogens (tertiary/aromatic N) is 2. The molecule has 0 bridgehead atoms. The fourth-order valence-electron chi connectivity index (χ4n) is 3.96. The van der Waals surface area contributed by atoms with Crippen molar-refractivity contribution in [2.24, 2.45) is 0 Å². The van der Waals surface area contributed by atoms with E-state index < -0.39 is 0 Å². The van der Waals surface area contributed by atoms with Crippen LogP contribution >= 0.6 is 0 Å². The Morgan fingerprint density at radius 3 is 2.04 bits per heavy atom. The maximum atomic E-state index is 4.95. The van der Waals surface area contributed by atoms with E-state index in [9.17, 15) is 0 Å². The fraction of sp³-hybridized carbons (Fsp3) is 0.654. The number of unbranched alkanes of at least 4 members (excludes halogenated alkanes) is 8. The van der Waals surface area contributed by atoms with Crippen LogP contribution in [0.4, 0.5) is 0 Å². The van der Waals surface area contributed by atoms with Gasteiger partial charge in [0.1, 0.15) is 5.82 Å². The molecule has 0 aliphatic heterocycles. The smallest absolute Gasteiger partial charge is 0.108 e. The zero-order chi connectivity index (χ0) is 19.9. The van der Waals surface area contributed by atoms with Gasteiger partial charge in [-0.3, -0.25) is 0 Å². The molecule has 0 amide bonds. The van der Waals surface area contributed by atoms with Gasteiger partial charge in [-0.05, 0) is 37.7 Å². The van der Waals surface area contributed by atoms with Crippen molar-refractivity contribution in [2.75, 3.05) is 0 Å². The molecular weight excluding hydrogens is 340 g/mol. The van der Waals surface area contributed by atoms with Crippen LogP contribution in [-0.2, 0) is 25.8 Å². The van der Waals surface area contributed by atoms with E-state index in [1.807, 2.05) is 0 Å². The average Bonchev–Trinajstić information content (AvgIpc) is 3.09. The van der Waals surface area contributed by atoms with Gasteiger partial charge in [0.15, 0.2) is 0 Å². The molecule has 0 aliphatic rings. The molecule has 0 fully saturated rings. The third kappa shape index (κ3) is 9.08. The second kappa shape index (κ2) is 14.4. The molecule has 0 atom stereocenters. The van der Waals surface area contributed by atoms with Crippen molar-refractivity contribution in [3.8, 4) is 0 Å². The topological polar surface area (TPSA) is 17.8 Å². The van der Waals surface area contributed by atoms with Crippen molar-refractivity contribution >= 4 is 0 Å². The summed E-state index contributed by atoms with van der Waals surface area (Å²) in [6.07, 6.45) is 20.6. The zero-order valence-corrected chi connectivity index (χ0v) is 18.5. The molecule has 156 valence electrons. The summed E-state index contributed by atoms with van der Waals surface area (Å²) in [5, 5.41) is 0. The molecule has 2 rings (SSSR count). The Morgan fingerprint density at radius 1 is 0.679 bits per heavy atom. The molecule has 2 nitrogen and oxygen atoms in total. The monoisotopic (exact) mass is 382 g/mol. The molecule has 0 radical (unpaired) electrons. The van der Waals surface area contributed by atoms with E-state index in [-0.39, 0.29) is 0 Å². The van der Waals surface area contributed by atoms with Crippen molar-refractivity contribution in [3.05, 3.63) is 53.6 Å². The SMILES string of the molecule is CCCCCCCCCCCn1cc(CCCc2ccccc2)nc1CCC. The highest BCUT2D eigenvalue weighted by molar-refractivity contribution is 5.15. The highest BCUT2D eigenvalue weighted by Crippen LogP contribution is 2.14. The molecule has 0 unspecified atom stereocenters. The number of hydrogen-bond donors (Lipinski definition) is 0. The van der Waals surface area contributed by atoms with Crippen LogP contribution < -0.4 is 0 Å². The van der Waals surface area contributed by atoms with Crippen LogP contribution in [0.5, 0.6) is 0 Å². The molecule has 0 spiro atoms. The maximum absolute atomic E-state index is 4.95. The van der Waals surface area contributed by atoms with Gasteiger partial charge in [-0.2, -0.15) is 0 Å². The molecule has 1 aromatic heterocycles. The molecule has 0 aliphatic carbocycles. The van der Waals surface area contributed by atoms with Gasteiger partial charge in [-0.25, -0.2) is 4.98 Å². The first-order chi connectivity index (χ1) is 13.8. The summed E-state index contributed by atoms with van der Waals surface area (Å²) in [6.45, 7) is 5.70. The van der Waals surface area contributed by atoms with Crippen molar-refractivity contribution in [2.45, 2.75) is 110 Å². The lowest BCUT2D eigenvalue weighted by Gasteiger charge is -2.07. The summed E-state index contributed by atoms with van der Waals surface area (Å²) in [7, 11) is 0. The summed E-state index contributed by atoms with van der Waals surface area (Å²) >= 11 is 0. The maximum Gasteiger partial charge on any atom is 0.108 e. The Labute approximate surface area is 173 Å². The summed E-state index contributed by atoms with van der Waals surface area (Å²) in [5.41, 5.74) is 2.72. The third-order valence-electron chi connectivity index (χ3n) is 5.63. The van der Waals surface area contributed by atoms with Crippen LogP contribution in [0.2, 0.25) is 0 Å². The number of imidazole rings is 1. The van der Waals surface area contributed by atoms with Crippen molar-refractivity contribution in [3.63, 3.8) is 0 Å². The van der Waals surface area contributed by atoms with E-state index in [2.05, 4.69) is 54.9 Å². The summed E-state index contributed by atoms with van der Waals surface area (Å²) in [5.74, 6) is 1.30. The number of benzene rings is 1. The Balaban J connectivity index is 1.67. The van der Waals surface area contributed by atoms with E-state index >= 15 is 0 Å². The van der Waals surface area contributed by atoms with Crippen molar-refractivity contribution in [1.82, 2.24) is 9.55 Å². The quantitative estimate of drug-likeness (QED) is 0.274. The summed E-state index contributed by atoms with van der Waals surface area (Å²) in [4.78, 5) is 4.95. The van der Waals surface area contributed by atoms with E-state index in [0.29, 0.717) is 0 Å². The van der Waals surface area contributed by atoms with Crippen molar-refractivity contribution < 1.29 is 0 Å². The second-order valence-electron chi connectivity index (χ2n) is 8.26. The van der Waals surface area contributed by atoms with Gasteiger partial charge in [-0.1, -0.05) is 95.5 Å². The summed E-state index contributed by atoms with van der Waals surface area (Å²) < 4.78 is 2.45. The molecule has 1 heterocycles. The Kier molecular flexibility index (Phi) is 11.7. The largest absolute Gasteiger partial charge is 0.335 e. The molecule has 0 N–H and O–H groups in total. The minimum Gasteiger partial charge on any atom is -0.335 e. The average molecular weight is 383 g/mol. The minimum absolute atomic E-state index is 1.09. The van der Waals surface area contributed by atoms with Crippen LogP contribution in [0.3, 0.4) is 0 Å². The van der Waals surface area contributed by atoms with Crippen LogP contribution in [0.15, 0.2) is 36.5 Å². The van der Waals surface area contributed by atoms with Gasteiger partial charge < -0.3 is 4.57 Å². The number of aryl methyl sites for hydroxylation is 4. The first-order valence-corrected chi connectivity index (χ1v) is 11.9. The Hall–Kier alpha value is -1.57. The van der Waals surface area contributed by atoms with E-state index in [4.69, 9.17) is 4.98 Å². The second-order valence-corrected chi connectivity index (χ2v) is 8.26. The van der Waals surface area contributed by atoms with Gasteiger partial charge in [0.05, 0.1) is 5.69 Å². The highest BCUT2D eigenvalue weighted by Gasteiger charge is 2.07. The molecule has 28 heavy (non-hydrogen) atoms. The Bertz CT molecular complexity index is 615. The lowest BCUT2D eigenvalue weighted by Crippen LogP contribution is -2.03. The fourth-order valence-corrected chi connectivity index (χ4v) is 3.96. The van der Waals surface area contributed by atoms with E-state index in [0.717, 1.165) is 25.8 Å². The predicted octanol–water partition coefficient (Wildman–Crippen LogP) is 7.54. The number of hydrogen-bond acceptors (Lipinski definition) is 1. The highest BCUT2D eigenvalue weighted by atomic mass is 15.1. The molecule has 0 saturated carbocycles. The van der Waals surface area contributed by atoms with Gasteiger partial charge in [0.25, 0.3) is 0 Å². The molecule has 1 aromatic carbocycles. The lowest BCUT2D eigenvalue weighted by atomic mass is 10.1. The number of rotatable bonds is 16. The minimum atomic E-state index is 1.09. The zero-order valence-electron chi connectivity index (χ0n) is 18.5. The Morgan fingerprint density at radius 2 is 1.36 bits per heavy atom. The first kappa shape index (κ1) is 22.7. The van der Waals surface area contributed by atoms with Crippen LogP contribution in [0, 0.1) is 0 Å². The van der Waals surface area contributed by atoms with Gasteiger partial charge >= 0.3 is 0 Å². The molecular formula is C26H42N2. The van der Waals surface area contributed by atoms with Crippen LogP contribution in [0.1, 0.15) is 102 Å². The third-order valence-corrected chi connectivity index (χ3v) is 5.63. The lowest BCUT2D eigenvalue weighted by molar-refractivity contribution is 0.530. The van der Waals surface area contributed by atoms with Crippen LogP contribution in [0.25, 0.3) is 0 Å². The van der Waals surface area contributed by atoms with Crippen molar-refractivity contribution in [1.29, 1.82) is 0 Å². The molecule has 2 aromatic rings. The van der Waals surface area contributed by atoms with Gasteiger partial charge in [0, 0.05) is 19.2 Å². The van der Waals surface area contributed by atoms with Gasteiger partial charge in [-0.15, -0.1) is 0 Å². The van der Waals surface area contributed by atoms with E-state index in [1.165, 1.54) is 87.7 Å². The predicted molar refractivity (Wildman–Crippen MR) is 122 cm³/mol.